The second-order valence-electron chi connectivity index (χ2n) is 8.23. The summed E-state index contributed by atoms with van der Waals surface area (Å²) in [6, 6.07) is 6.75. The van der Waals surface area contributed by atoms with Crippen molar-refractivity contribution in [3.05, 3.63) is 47.5 Å². The minimum absolute atomic E-state index is 0.0465. The highest BCUT2D eigenvalue weighted by atomic mass is 32.2. The first-order valence-corrected chi connectivity index (χ1v) is 11.8. The first-order chi connectivity index (χ1) is 15.2. The number of hydrogen-bond acceptors (Lipinski definition) is 9. The van der Waals surface area contributed by atoms with Crippen molar-refractivity contribution in [1.82, 2.24) is 9.97 Å². The molecule has 1 aromatic carbocycles. The fraction of sp³-hybridized carbons (Fsp3) is 0.500. The molecule has 2 aromatic rings. The Morgan fingerprint density at radius 1 is 1.19 bits per heavy atom. The van der Waals surface area contributed by atoms with Crippen LogP contribution in [0.4, 0.5) is 16.0 Å². The molecule has 0 amide bonds. The maximum atomic E-state index is 14.0. The third-order valence-electron chi connectivity index (χ3n) is 6.12. The number of fused-ring (bicyclic) bond motifs is 1. The van der Waals surface area contributed by atoms with E-state index in [2.05, 4.69) is 24.8 Å². The Morgan fingerprint density at radius 2 is 1.94 bits per heavy atom. The lowest BCUT2D eigenvalue weighted by molar-refractivity contribution is -0.00162. The number of rotatable bonds is 8. The average molecular weight is 468 g/mol. The summed E-state index contributed by atoms with van der Waals surface area (Å²) >= 11 is 0. The normalized spacial score (nSPS) is 27.3. The molecule has 174 valence electrons. The molecule has 1 saturated carbocycles. The van der Waals surface area contributed by atoms with E-state index in [4.69, 9.17) is 5.14 Å². The van der Waals surface area contributed by atoms with Crippen molar-refractivity contribution in [3.8, 4) is 0 Å². The third-order valence-corrected chi connectivity index (χ3v) is 6.58. The second-order valence-corrected chi connectivity index (χ2v) is 9.45. The largest absolute Gasteiger partial charge is 0.390 e. The van der Waals surface area contributed by atoms with Gasteiger partial charge in [-0.2, -0.15) is 8.42 Å². The Labute approximate surface area is 185 Å². The van der Waals surface area contributed by atoms with E-state index >= 15 is 0 Å². The number of nitrogens with one attached hydrogen (secondary N) is 2. The van der Waals surface area contributed by atoms with E-state index in [-0.39, 0.29) is 24.4 Å². The topological polar surface area (TPSA) is 160 Å². The molecule has 1 fully saturated rings. The summed E-state index contributed by atoms with van der Waals surface area (Å²) in [5.41, 5.74) is 1.65. The van der Waals surface area contributed by atoms with Gasteiger partial charge in [0.2, 0.25) is 0 Å². The van der Waals surface area contributed by atoms with Crippen LogP contribution < -0.4 is 15.8 Å². The lowest BCUT2D eigenvalue weighted by Gasteiger charge is -2.18. The zero-order chi connectivity index (χ0) is 22.9. The Hall–Kier alpha value is -2.38. The summed E-state index contributed by atoms with van der Waals surface area (Å²) in [6.45, 7) is 0.0105. The van der Waals surface area contributed by atoms with E-state index < -0.39 is 28.4 Å². The van der Waals surface area contributed by atoms with E-state index in [0.717, 1.165) is 17.5 Å². The lowest BCUT2D eigenvalue weighted by atomic mass is 10.0. The molecule has 0 radical (unpaired) electrons. The van der Waals surface area contributed by atoms with Crippen molar-refractivity contribution in [3.63, 3.8) is 0 Å². The second kappa shape index (κ2) is 9.24. The smallest absolute Gasteiger partial charge is 0.333 e. The van der Waals surface area contributed by atoms with Gasteiger partial charge >= 0.3 is 10.3 Å². The van der Waals surface area contributed by atoms with Gasteiger partial charge in [-0.25, -0.2) is 19.5 Å². The van der Waals surface area contributed by atoms with E-state index in [1.807, 2.05) is 6.07 Å². The number of aliphatic hydroxyl groups excluding tert-OH is 2. The first-order valence-electron chi connectivity index (χ1n) is 10.3. The number of hydrogen-bond donors (Lipinski definition) is 5. The van der Waals surface area contributed by atoms with Gasteiger partial charge in [-0.1, -0.05) is 12.1 Å². The number of nitrogens with two attached hydrogens (primary N) is 1. The highest BCUT2D eigenvalue weighted by molar-refractivity contribution is 7.84. The summed E-state index contributed by atoms with van der Waals surface area (Å²) in [7, 11) is -4.11. The summed E-state index contributed by atoms with van der Waals surface area (Å²) in [5, 5.41) is 31.7. The van der Waals surface area contributed by atoms with E-state index in [1.54, 1.807) is 12.1 Å². The maximum Gasteiger partial charge on any atom is 0.333 e. The van der Waals surface area contributed by atoms with Crippen LogP contribution in [0.2, 0.25) is 0 Å². The van der Waals surface area contributed by atoms with Crippen LogP contribution in [-0.2, 0) is 20.9 Å². The molecule has 5 atom stereocenters. The van der Waals surface area contributed by atoms with Crippen LogP contribution >= 0.6 is 0 Å². The minimum Gasteiger partial charge on any atom is -0.390 e. The van der Waals surface area contributed by atoms with Crippen molar-refractivity contribution in [2.24, 2.45) is 17.0 Å². The number of aliphatic hydroxyl groups is 2. The van der Waals surface area contributed by atoms with Crippen LogP contribution in [0.25, 0.3) is 0 Å². The van der Waals surface area contributed by atoms with Crippen molar-refractivity contribution < 1.29 is 27.2 Å². The summed E-state index contributed by atoms with van der Waals surface area (Å²) in [4.78, 5) is 8.41. The van der Waals surface area contributed by atoms with Crippen LogP contribution in [-0.4, -0.2) is 54.0 Å². The quantitative estimate of drug-likeness (QED) is 0.377. The van der Waals surface area contributed by atoms with Crippen LogP contribution in [0.15, 0.2) is 30.6 Å². The van der Waals surface area contributed by atoms with Crippen molar-refractivity contribution in [2.75, 3.05) is 23.8 Å². The van der Waals surface area contributed by atoms with Gasteiger partial charge in [0, 0.05) is 24.4 Å². The van der Waals surface area contributed by atoms with E-state index in [9.17, 15) is 23.0 Å². The Morgan fingerprint density at radius 3 is 2.72 bits per heavy atom. The Kier molecular flexibility index (Phi) is 6.58. The maximum absolute atomic E-state index is 14.0. The molecule has 4 rings (SSSR count). The predicted octanol–water partition coefficient (Wildman–Crippen LogP) is 0.705. The van der Waals surface area contributed by atoms with Crippen LogP contribution in [0, 0.1) is 17.7 Å². The molecule has 1 aromatic heterocycles. The highest BCUT2D eigenvalue weighted by Gasteiger charge is 2.41. The van der Waals surface area contributed by atoms with Crippen LogP contribution in [0.1, 0.15) is 30.0 Å². The molecule has 0 unspecified atom stereocenters. The standard InChI is InChI=1S/C20H26FN5O5S/c21-15-3-1-2-14-13(15)4-5-16(14)26-18-7-17(24-10-25-18)23-8-11-6-12(20(28)19(11)27)9-31-32(22,29)30/h1-3,7,10-12,16,19-20,27-28H,4-6,8-9H2,(H2,22,29,30)(H2,23,24,25,26)/t11-,12+,16-,19-,20+/m0/s1. The number of nitrogens with zero attached hydrogens (tertiary/aromatic N) is 2. The summed E-state index contributed by atoms with van der Waals surface area (Å²) < 4.78 is 40.5. The molecule has 2 aliphatic rings. The predicted molar refractivity (Wildman–Crippen MR) is 114 cm³/mol. The Bertz CT molecular complexity index is 1070. The number of halogens is 1. The number of aromatic nitrogens is 2. The third kappa shape index (κ3) is 5.15. The summed E-state index contributed by atoms with van der Waals surface area (Å²) in [5.74, 6) is 0.0135. The van der Waals surface area contributed by atoms with Crippen molar-refractivity contribution in [2.45, 2.75) is 37.5 Å². The zero-order valence-corrected chi connectivity index (χ0v) is 18.0. The van der Waals surface area contributed by atoms with Gasteiger partial charge in [0.25, 0.3) is 0 Å². The molecular weight excluding hydrogens is 441 g/mol. The number of anilines is 2. The van der Waals surface area contributed by atoms with Gasteiger partial charge in [-0.3, -0.25) is 4.18 Å². The molecule has 6 N–H and O–H groups in total. The van der Waals surface area contributed by atoms with Gasteiger partial charge in [-0.15, -0.1) is 0 Å². The van der Waals surface area contributed by atoms with Gasteiger partial charge in [0.1, 0.15) is 23.8 Å². The molecule has 32 heavy (non-hydrogen) atoms. The van der Waals surface area contributed by atoms with Crippen molar-refractivity contribution in [1.29, 1.82) is 0 Å². The molecule has 1 heterocycles. The fourth-order valence-corrected chi connectivity index (χ4v) is 4.85. The van der Waals surface area contributed by atoms with Gasteiger partial charge in [-0.05, 0) is 36.5 Å². The molecular formula is C20H26FN5O5S. The van der Waals surface area contributed by atoms with Gasteiger partial charge in [0.15, 0.2) is 0 Å². The summed E-state index contributed by atoms with van der Waals surface area (Å²) in [6.07, 6.45) is 1.01. The fourth-order valence-electron chi connectivity index (χ4n) is 4.49. The highest BCUT2D eigenvalue weighted by Crippen LogP contribution is 2.35. The van der Waals surface area contributed by atoms with Crippen molar-refractivity contribution >= 4 is 21.9 Å². The SMILES string of the molecule is NS(=O)(=O)OC[C@H]1C[C@@H](CNc2cc(N[C@H]3CCc4c(F)cccc43)ncn2)[C@H](O)[C@@H]1O. The monoisotopic (exact) mass is 467 g/mol. The molecule has 0 spiro atoms. The number of benzene rings is 1. The van der Waals surface area contributed by atoms with Gasteiger partial charge < -0.3 is 20.8 Å². The lowest BCUT2D eigenvalue weighted by Crippen LogP contribution is -2.32. The zero-order valence-electron chi connectivity index (χ0n) is 17.2. The minimum atomic E-state index is -4.11. The van der Waals surface area contributed by atoms with Gasteiger partial charge in [0.05, 0.1) is 24.9 Å². The first kappa shape index (κ1) is 22.8. The molecule has 10 nitrogen and oxygen atoms in total. The van der Waals surface area contributed by atoms with E-state index in [0.29, 0.717) is 31.0 Å². The average Bonchev–Trinajstić information content (AvgIpc) is 3.27. The Balaban J connectivity index is 1.34. The molecule has 2 aliphatic carbocycles. The van der Waals surface area contributed by atoms with E-state index in [1.165, 1.54) is 12.4 Å². The molecule has 0 aliphatic heterocycles. The van der Waals surface area contributed by atoms with Crippen LogP contribution in [0.5, 0.6) is 0 Å². The van der Waals surface area contributed by atoms with Crippen LogP contribution in [0.3, 0.4) is 0 Å². The molecule has 0 saturated heterocycles. The molecule has 12 heteroatoms. The molecule has 0 bridgehead atoms.